The highest BCUT2D eigenvalue weighted by molar-refractivity contribution is 6.11. The minimum Gasteiger partial charge on any atom is -0.456 e. The number of aliphatic imine (C=N–C) groups is 1. The van der Waals surface area contributed by atoms with Gasteiger partial charge in [-0.1, -0.05) is 0 Å². The van der Waals surface area contributed by atoms with Crippen LogP contribution in [-0.4, -0.2) is 38.4 Å². The first kappa shape index (κ1) is 22.0. The maximum absolute atomic E-state index is 13.5. The highest BCUT2D eigenvalue weighted by atomic mass is 19.1. The molecule has 6 heteroatoms. The van der Waals surface area contributed by atoms with Gasteiger partial charge in [0.05, 0.1) is 6.04 Å². The molecule has 174 valence electrons. The van der Waals surface area contributed by atoms with Gasteiger partial charge in [-0.3, -0.25) is 4.99 Å². The molecule has 3 aliphatic rings. The summed E-state index contributed by atoms with van der Waals surface area (Å²) in [6.45, 7) is 4.47. The average Bonchev–Trinajstić information content (AvgIpc) is 3.41. The molecule has 2 heterocycles. The van der Waals surface area contributed by atoms with Crippen molar-refractivity contribution in [2.45, 2.75) is 44.7 Å². The first-order chi connectivity index (χ1) is 16.0. The molecule has 5 rings (SSSR count). The average molecular weight is 449 g/mol. The van der Waals surface area contributed by atoms with Gasteiger partial charge in [-0.25, -0.2) is 4.39 Å². The summed E-state index contributed by atoms with van der Waals surface area (Å²) in [6, 6.07) is 11.2. The lowest BCUT2D eigenvalue weighted by molar-refractivity contribution is 0.466. The van der Waals surface area contributed by atoms with Crippen LogP contribution in [0.2, 0.25) is 0 Å². The Morgan fingerprint density at radius 1 is 1.15 bits per heavy atom. The lowest BCUT2D eigenvalue weighted by atomic mass is 9.92. The molecule has 3 atom stereocenters. The van der Waals surface area contributed by atoms with Gasteiger partial charge in [0, 0.05) is 47.9 Å². The highest BCUT2D eigenvalue weighted by Crippen LogP contribution is 2.42. The lowest BCUT2D eigenvalue weighted by Crippen LogP contribution is -2.33. The van der Waals surface area contributed by atoms with Crippen molar-refractivity contribution >= 4 is 17.5 Å². The maximum atomic E-state index is 13.5. The van der Waals surface area contributed by atoms with Crippen LogP contribution in [0.1, 0.15) is 37.3 Å². The van der Waals surface area contributed by atoms with Gasteiger partial charge in [-0.2, -0.15) is 0 Å². The Hall–Kier alpha value is -2.86. The van der Waals surface area contributed by atoms with E-state index in [2.05, 4.69) is 36.3 Å². The summed E-state index contributed by atoms with van der Waals surface area (Å²) >= 11 is 0. The van der Waals surface area contributed by atoms with Gasteiger partial charge in [0.2, 0.25) is 0 Å². The van der Waals surface area contributed by atoms with Crippen LogP contribution in [0.5, 0.6) is 11.5 Å². The van der Waals surface area contributed by atoms with Gasteiger partial charge < -0.3 is 20.7 Å². The number of nitrogens with one attached hydrogen (secondary N) is 1. The second-order valence-electron chi connectivity index (χ2n) is 9.70. The number of allylic oxidation sites excluding steroid dienone is 1. The van der Waals surface area contributed by atoms with Crippen LogP contribution in [0.15, 0.2) is 47.6 Å². The molecule has 0 aromatic heterocycles. The van der Waals surface area contributed by atoms with Gasteiger partial charge >= 0.3 is 0 Å². The Bertz CT molecular complexity index is 1050. The van der Waals surface area contributed by atoms with Crippen molar-refractivity contribution in [2.24, 2.45) is 22.6 Å². The molecule has 2 aromatic rings. The predicted molar refractivity (Wildman–Crippen MR) is 133 cm³/mol. The Morgan fingerprint density at radius 3 is 2.58 bits per heavy atom. The van der Waals surface area contributed by atoms with Gasteiger partial charge in [0.25, 0.3) is 0 Å². The van der Waals surface area contributed by atoms with Crippen LogP contribution < -0.4 is 20.7 Å². The van der Waals surface area contributed by atoms with E-state index in [1.165, 1.54) is 17.8 Å². The van der Waals surface area contributed by atoms with Gasteiger partial charge in [-0.05, 0) is 93.9 Å². The van der Waals surface area contributed by atoms with Crippen molar-refractivity contribution in [3.8, 4) is 11.5 Å². The third-order valence-electron chi connectivity index (χ3n) is 7.67. The van der Waals surface area contributed by atoms with E-state index in [1.807, 2.05) is 6.21 Å². The SMILES string of the molecule is CC1CCc2c(ccc(C(C=NC3CC4CNCC4C3)=CN)c2Oc2ccc(F)cc2)N1C. The van der Waals surface area contributed by atoms with Crippen molar-refractivity contribution in [3.63, 3.8) is 0 Å². The molecule has 2 aliphatic heterocycles. The molecule has 1 saturated heterocycles. The molecule has 0 radical (unpaired) electrons. The predicted octanol–water partition coefficient (Wildman–Crippen LogP) is 4.76. The van der Waals surface area contributed by atoms with Crippen molar-refractivity contribution < 1.29 is 9.13 Å². The largest absolute Gasteiger partial charge is 0.456 e. The van der Waals surface area contributed by atoms with Gasteiger partial charge in [0.1, 0.15) is 17.3 Å². The molecule has 0 bridgehead atoms. The van der Waals surface area contributed by atoms with E-state index in [4.69, 9.17) is 15.5 Å². The van der Waals surface area contributed by atoms with Crippen molar-refractivity contribution in [2.75, 3.05) is 25.0 Å². The van der Waals surface area contributed by atoms with Crippen molar-refractivity contribution in [3.05, 3.63) is 59.5 Å². The summed E-state index contributed by atoms with van der Waals surface area (Å²) in [6.07, 6.45) is 7.78. The number of nitrogens with two attached hydrogens (primary N) is 1. The molecule has 1 aliphatic carbocycles. The van der Waals surface area contributed by atoms with Crippen LogP contribution in [0.25, 0.3) is 5.57 Å². The number of hydrogen-bond donors (Lipinski definition) is 2. The topological polar surface area (TPSA) is 62.9 Å². The number of halogens is 1. The van der Waals surface area contributed by atoms with Crippen LogP contribution in [-0.2, 0) is 6.42 Å². The summed E-state index contributed by atoms with van der Waals surface area (Å²) in [5.41, 5.74) is 10.2. The number of fused-ring (bicyclic) bond motifs is 2. The summed E-state index contributed by atoms with van der Waals surface area (Å²) in [5, 5.41) is 3.49. The Labute approximate surface area is 195 Å². The van der Waals surface area contributed by atoms with Crippen molar-refractivity contribution in [1.82, 2.24) is 5.32 Å². The van der Waals surface area contributed by atoms with E-state index >= 15 is 0 Å². The number of nitrogens with zero attached hydrogens (tertiary/aromatic N) is 2. The molecular weight excluding hydrogens is 415 g/mol. The third-order valence-corrected chi connectivity index (χ3v) is 7.67. The summed E-state index contributed by atoms with van der Waals surface area (Å²) in [4.78, 5) is 7.23. The first-order valence-electron chi connectivity index (χ1n) is 12.0. The molecule has 33 heavy (non-hydrogen) atoms. The number of anilines is 1. The zero-order chi connectivity index (χ0) is 22.9. The zero-order valence-corrected chi connectivity index (χ0v) is 19.4. The Balaban J connectivity index is 1.48. The smallest absolute Gasteiger partial charge is 0.140 e. The van der Waals surface area contributed by atoms with Crippen LogP contribution in [0, 0.1) is 17.7 Å². The summed E-state index contributed by atoms with van der Waals surface area (Å²) in [5.74, 6) is 2.61. The Morgan fingerprint density at radius 2 is 1.88 bits per heavy atom. The number of benzene rings is 2. The van der Waals surface area contributed by atoms with E-state index in [9.17, 15) is 4.39 Å². The van der Waals surface area contributed by atoms with E-state index in [0.717, 1.165) is 73.1 Å². The third kappa shape index (κ3) is 4.36. The standard InChI is InChI=1S/C27H33FN4O/c1-17-3-8-25-26(32(17)2)10-9-24(27(25)33-23-6-4-21(28)5-7-23)20(13-29)16-31-22-11-18-14-30-15-19(18)12-22/h4-7,9-10,13,16-19,22,30H,3,8,11-12,14-15,29H2,1-2H3. The minimum atomic E-state index is -0.280. The fourth-order valence-corrected chi connectivity index (χ4v) is 5.58. The highest BCUT2D eigenvalue weighted by Gasteiger charge is 2.37. The van der Waals surface area contributed by atoms with E-state index in [-0.39, 0.29) is 5.82 Å². The minimum absolute atomic E-state index is 0.280. The van der Waals surface area contributed by atoms with E-state index in [1.54, 1.807) is 18.3 Å². The van der Waals surface area contributed by atoms with Crippen LogP contribution in [0.3, 0.4) is 0 Å². The fraction of sp³-hybridized carbons (Fsp3) is 0.444. The number of rotatable bonds is 5. The quantitative estimate of drug-likeness (QED) is 0.648. The zero-order valence-electron chi connectivity index (χ0n) is 19.4. The van der Waals surface area contributed by atoms with Crippen LogP contribution in [0.4, 0.5) is 10.1 Å². The molecule has 3 unspecified atom stereocenters. The fourth-order valence-electron chi connectivity index (χ4n) is 5.58. The lowest BCUT2D eigenvalue weighted by Gasteiger charge is -2.35. The van der Waals surface area contributed by atoms with Crippen LogP contribution >= 0.6 is 0 Å². The second kappa shape index (κ2) is 9.18. The molecule has 1 saturated carbocycles. The van der Waals surface area contributed by atoms with E-state index < -0.39 is 0 Å². The molecular formula is C27H33FN4O. The van der Waals surface area contributed by atoms with Crippen molar-refractivity contribution in [1.29, 1.82) is 0 Å². The number of ether oxygens (including phenoxy) is 1. The second-order valence-corrected chi connectivity index (χ2v) is 9.70. The summed E-state index contributed by atoms with van der Waals surface area (Å²) < 4.78 is 19.9. The number of hydrogen-bond acceptors (Lipinski definition) is 5. The van der Waals surface area contributed by atoms with Gasteiger partial charge in [0.15, 0.2) is 0 Å². The molecule has 0 amide bonds. The normalized spacial score (nSPS) is 27.1. The molecule has 2 aromatic carbocycles. The maximum Gasteiger partial charge on any atom is 0.140 e. The first-order valence-corrected chi connectivity index (χ1v) is 12.0. The monoisotopic (exact) mass is 448 g/mol. The molecule has 0 spiro atoms. The molecule has 5 nitrogen and oxygen atoms in total. The Kier molecular flexibility index (Phi) is 6.11. The molecule has 3 N–H and O–H groups in total. The summed E-state index contributed by atoms with van der Waals surface area (Å²) in [7, 11) is 2.12. The van der Waals surface area contributed by atoms with E-state index in [0.29, 0.717) is 17.8 Å². The molecule has 2 fully saturated rings. The van der Waals surface area contributed by atoms with Gasteiger partial charge in [-0.15, -0.1) is 0 Å².